The zero-order chi connectivity index (χ0) is 21.7. The summed E-state index contributed by atoms with van der Waals surface area (Å²) in [6, 6.07) is 4.25. The molecule has 6 aliphatic rings. The molecule has 0 atom stereocenters. The third-order valence-electron chi connectivity index (χ3n) is 9.39. The van der Waals surface area contributed by atoms with Gasteiger partial charge >= 0.3 is 0 Å². The van der Waals surface area contributed by atoms with Crippen molar-refractivity contribution in [3.63, 3.8) is 0 Å². The van der Waals surface area contributed by atoms with Crippen LogP contribution in [0, 0.1) is 29.1 Å². The first-order valence-electron chi connectivity index (χ1n) is 13.2. The molecule has 0 N–H and O–H groups in total. The van der Waals surface area contributed by atoms with E-state index in [0.29, 0.717) is 11.3 Å². The van der Waals surface area contributed by atoms with Crippen molar-refractivity contribution in [2.75, 3.05) is 49.1 Å². The molecule has 32 heavy (non-hydrogen) atoms. The molecule has 4 saturated carbocycles. The lowest BCUT2D eigenvalue weighted by atomic mass is 9.49. The molecule has 1 amide bonds. The number of carbonyl (C=O) groups excluding carboxylic acids is 1. The van der Waals surface area contributed by atoms with Crippen LogP contribution in [-0.4, -0.2) is 60.3 Å². The van der Waals surface area contributed by atoms with Crippen LogP contribution < -0.4 is 9.80 Å². The fourth-order valence-corrected chi connectivity index (χ4v) is 8.02. The van der Waals surface area contributed by atoms with Crippen LogP contribution in [0.5, 0.6) is 0 Å². The van der Waals surface area contributed by atoms with E-state index < -0.39 is 0 Å². The molecule has 0 spiro atoms. The van der Waals surface area contributed by atoms with Gasteiger partial charge in [-0.05, 0) is 92.6 Å². The summed E-state index contributed by atoms with van der Waals surface area (Å²) in [5, 5.41) is 9.08. The summed E-state index contributed by atoms with van der Waals surface area (Å²) in [5.41, 5.74) is 0.344. The van der Waals surface area contributed by atoms with Crippen molar-refractivity contribution < 1.29 is 4.79 Å². The number of hydrogen-bond acceptors (Lipinski definition) is 5. The van der Waals surface area contributed by atoms with Crippen LogP contribution in [0.25, 0.3) is 0 Å². The highest BCUT2D eigenvalue weighted by atomic mass is 16.2. The van der Waals surface area contributed by atoms with Crippen molar-refractivity contribution in [3.05, 3.63) is 12.1 Å². The van der Waals surface area contributed by atoms with Crippen molar-refractivity contribution >= 4 is 17.5 Å². The third-order valence-corrected chi connectivity index (χ3v) is 9.39. The maximum Gasteiger partial charge on any atom is 0.223 e. The number of amides is 1. The van der Waals surface area contributed by atoms with Crippen molar-refractivity contribution in [1.82, 2.24) is 15.1 Å². The van der Waals surface area contributed by atoms with Gasteiger partial charge in [-0.3, -0.25) is 4.79 Å². The van der Waals surface area contributed by atoms with Crippen LogP contribution in [0.3, 0.4) is 0 Å². The zero-order valence-electron chi connectivity index (χ0n) is 19.7. The Labute approximate surface area is 192 Å². The molecule has 6 heteroatoms. The summed E-state index contributed by atoms with van der Waals surface area (Å²) < 4.78 is 0. The van der Waals surface area contributed by atoms with E-state index in [1.54, 1.807) is 0 Å². The summed E-state index contributed by atoms with van der Waals surface area (Å²) in [5.74, 6) is 5.94. The molecule has 2 aliphatic heterocycles. The molecule has 174 valence electrons. The van der Waals surface area contributed by atoms with Gasteiger partial charge in [0.25, 0.3) is 0 Å². The fraction of sp³-hybridized carbons (Fsp3) is 0.808. The minimum absolute atomic E-state index is 0.344. The monoisotopic (exact) mass is 437 g/mol. The van der Waals surface area contributed by atoms with Crippen LogP contribution in [0.2, 0.25) is 0 Å². The standard InChI is InChI=1S/C26H39N5O/c1-19-4-6-29(7-5-19)23-2-3-24(28-27-23)30-8-10-31(11-9-30)25(32)18-26-15-20-12-21(16-26)14-22(13-20)17-26/h2-3,19-22H,4-18H2,1H3. The molecule has 7 rings (SSSR count). The van der Waals surface area contributed by atoms with Gasteiger partial charge in [0, 0.05) is 45.7 Å². The fourth-order valence-electron chi connectivity index (χ4n) is 8.02. The van der Waals surface area contributed by atoms with Crippen LogP contribution in [0.15, 0.2) is 12.1 Å². The predicted molar refractivity (Wildman–Crippen MR) is 127 cm³/mol. The Morgan fingerprint density at radius 3 is 1.84 bits per heavy atom. The summed E-state index contributed by atoms with van der Waals surface area (Å²) in [6.07, 6.45) is 11.6. The Bertz CT molecular complexity index is 788. The van der Waals surface area contributed by atoms with Crippen LogP contribution >= 0.6 is 0 Å². The normalized spacial score (nSPS) is 34.9. The smallest absolute Gasteiger partial charge is 0.223 e. The van der Waals surface area contributed by atoms with Gasteiger partial charge in [-0.15, -0.1) is 10.2 Å². The molecule has 2 saturated heterocycles. The SMILES string of the molecule is CC1CCN(c2ccc(N3CCN(C(=O)CC45CC6CC(CC(C6)C4)C5)CC3)nn2)CC1. The Kier molecular flexibility index (Phi) is 5.30. The highest BCUT2D eigenvalue weighted by molar-refractivity contribution is 5.77. The number of rotatable bonds is 4. The summed E-state index contributed by atoms with van der Waals surface area (Å²) in [4.78, 5) is 20.0. The number of aromatic nitrogens is 2. The van der Waals surface area contributed by atoms with E-state index in [1.807, 2.05) is 0 Å². The number of nitrogens with zero attached hydrogens (tertiary/aromatic N) is 5. The molecule has 6 fully saturated rings. The van der Waals surface area contributed by atoms with Crippen molar-refractivity contribution in [3.8, 4) is 0 Å². The first-order chi connectivity index (χ1) is 15.6. The first kappa shape index (κ1) is 20.7. The minimum atomic E-state index is 0.344. The number of carbonyl (C=O) groups is 1. The summed E-state index contributed by atoms with van der Waals surface area (Å²) >= 11 is 0. The Hall–Kier alpha value is -1.85. The number of piperazine rings is 1. The Morgan fingerprint density at radius 2 is 1.34 bits per heavy atom. The van der Waals surface area contributed by atoms with Gasteiger partial charge in [-0.2, -0.15) is 0 Å². The second kappa shape index (κ2) is 8.18. The number of piperidine rings is 1. The molecule has 3 heterocycles. The van der Waals surface area contributed by atoms with Gasteiger partial charge in [0.1, 0.15) is 0 Å². The molecule has 4 bridgehead atoms. The van der Waals surface area contributed by atoms with Gasteiger partial charge in [0.15, 0.2) is 11.6 Å². The van der Waals surface area contributed by atoms with E-state index >= 15 is 0 Å². The lowest BCUT2D eigenvalue weighted by molar-refractivity contribution is -0.139. The minimum Gasteiger partial charge on any atom is -0.355 e. The highest BCUT2D eigenvalue weighted by Crippen LogP contribution is 2.61. The first-order valence-corrected chi connectivity index (χ1v) is 13.2. The van der Waals surface area contributed by atoms with E-state index in [1.165, 1.54) is 51.4 Å². The van der Waals surface area contributed by atoms with E-state index in [9.17, 15) is 4.79 Å². The number of hydrogen-bond donors (Lipinski definition) is 0. The van der Waals surface area contributed by atoms with E-state index in [0.717, 1.165) is 81.0 Å². The maximum absolute atomic E-state index is 13.2. The molecule has 0 radical (unpaired) electrons. The summed E-state index contributed by atoms with van der Waals surface area (Å²) in [6.45, 7) is 7.86. The molecular weight excluding hydrogens is 398 g/mol. The predicted octanol–water partition coefficient (Wildman–Crippen LogP) is 3.97. The van der Waals surface area contributed by atoms with E-state index in [4.69, 9.17) is 0 Å². The van der Waals surface area contributed by atoms with Crippen LogP contribution in [0.1, 0.15) is 64.7 Å². The molecule has 6 nitrogen and oxygen atoms in total. The number of anilines is 2. The average Bonchev–Trinajstić information content (AvgIpc) is 2.79. The van der Waals surface area contributed by atoms with Crippen molar-refractivity contribution in [1.29, 1.82) is 0 Å². The zero-order valence-corrected chi connectivity index (χ0v) is 19.7. The quantitative estimate of drug-likeness (QED) is 0.713. The maximum atomic E-state index is 13.2. The Balaban J connectivity index is 1.02. The Morgan fingerprint density at radius 1 is 0.844 bits per heavy atom. The van der Waals surface area contributed by atoms with E-state index in [-0.39, 0.29) is 0 Å². The van der Waals surface area contributed by atoms with Crippen LogP contribution in [-0.2, 0) is 4.79 Å². The highest BCUT2D eigenvalue weighted by Gasteiger charge is 2.51. The molecule has 0 aromatic carbocycles. The van der Waals surface area contributed by atoms with Crippen molar-refractivity contribution in [2.45, 2.75) is 64.7 Å². The van der Waals surface area contributed by atoms with Gasteiger partial charge in [-0.25, -0.2) is 0 Å². The van der Waals surface area contributed by atoms with Gasteiger partial charge in [0.05, 0.1) is 0 Å². The van der Waals surface area contributed by atoms with Gasteiger partial charge < -0.3 is 14.7 Å². The molecule has 0 unspecified atom stereocenters. The molecular formula is C26H39N5O. The van der Waals surface area contributed by atoms with Crippen LogP contribution in [0.4, 0.5) is 11.6 Å². The molecule has 4 aliphatic carbocycles. The van der Waals surface area contributed by atoms with Crippen molar-refractivity contribution in [2.24, 2.45) is 29.1 Å². The second-order valence-electron chi connectivity index (χ2n) is 11.9. The van der Waals surface area contributed by atoms with E-state index in [2.05, 4.69) is 44.0 Å². The molecule has 1 aromatic heterocycles. The third kappa shape index (κ3) is 3.99. The van der Waals surface area contributed by atoms with Gasteiger partial charge in [-0.1, -0.05) is 6.92 Å². The largest absolute Gasteiger partial charge is 0.355 e. The lowest BCUT2D eigenvalue weighted by Crippen LogP contribution is -2.52. The summed E-state index contributed by atoms with van der Waals surface area (Å²) in [7, 11) is 0. The lowest BCUT2D eigenvalue weighted by Gasteiger charge is -2.57. The molecule has 1 aromatic rings. The second-order valence-corrected chi connectivity index (χ2v) is 11.9. The van der Waals surface area contributed by atoms with Gasteiger partial charge in [0.2, 0.25) is 5.91 Å². The average molecular weight is 438 g/mol. The topological polar surface area (TPSA) is 52.6 Å².